The van der Waals surface area contributed by atoms with Crippen LogP contribution in [0.5, 0.6) is 0 Å². The SMILES string of the molecule is CCCc1cccc(C(N)c2ccc(C)c(Cl)c2)c1. The van der Waals surface area contributed by atoms with Gasteiger partial charge in [-0.25, -0.2) is 0 Å². The van der Waals surface area contributed by atoms with Crippen LogP contribution in [0.4, 0.5) is 0 Å². The molecular weight excluding hydrogens is 254 g/mol. The third-order valence-corrected chi connectivity index (χ3v) is 3.81. The van der Waals surface area contributed by atoms with Gasteiger partial charge in [-0.05, 0) is 41.7 Å². The van der Waals surface area contributed by atoms with Crippen molar-refractivity contribution in [3.05, 3.63) is 69.7 Å². The highest BCUT2D eigenvalue weighted by atomic mass is 35.5. The molecule has 2 rings (SSSR count). The lowest BCUT2D eigenvalue weighted by Gasteiger charge is -2.15. The second kappa shape index (κ2) is 6.23. The average Bonchev–Trinajstić information content (AvgIpc) is 2.42. The molecule has 2 aromatic carbocycles. The lowest BCUT2D eigenvalue weighted by Crippen LogP contribution is -2.12. The van der Waals surface area contributed by atoms with Crippen LogP contribution in [0.25, 0.3) is 0 Å². The van der Waals surface area contributed by atoms with Crippen molar-refractivity contribution in [1.29, 1.82) is 0 Å². The van der Waals surface area contributed by atoms with Crippen molar-refractivity contribution >= 4 is 11.6 Å². The van der Waals surface area contributed by atoms with E-state index in [0.717, 1.165) is 34.6 Å². The van der Waals surface area contributed by atoms with Crippen LogP contribution in [0.3, 0.4) is 0 Å². The van der Waals surface area contributed by atoms with Gasteiger partial charge in [-0.3, -0.25) is 0 Å². The van der Waals surface area contributed by atoms with Gasteiger partial charge < -0.3 is 5.73 Å². The number of nitrogens with two attached hydrogens (primary N) is 1. The number of rotatable bonds is 4. The van der Waals surface area contributed by atoms with E-state index in [4.69, 9.17) is 17.3 Å². The van der Waals surface area contributed by atoms with E-state index >= 15 is 0 Å². The molecule has 0 aliphatic rings. The Kier molecular flexibility index (Phi) is 4.62. The fourth-order valence-electron chi connectivity index (χ4n) is 2.23. The first-order valence-corrected chi connectivity index (χ1v) is 7.10. The fraction of sp³-hybridized carbons (Fsp3) is 0.294. The molecule has 1 nitrogen and oxygen atoms in total. The Labute approximate surface area is 120 Å². The summed E-state index contributed by atoms with van der Waals surface area (Å²) < 4.78 is 0. The minimum atomic E-state index is -0.116. The highest BCUT2D eigenvalue weighted by Crippen LogP contribution is 2.25. The maximum Gasteiger partial charge on any atom is 0.0552 e. The van der Waals surface area contributed by atoms with Crippen LogP contribution in [0, 0.1) is 6.92 Å². The maximum atomic E-state index is 6.34. The Morgan fingerprint density at radius 2 is 1.84 bits per heavy atom. The van der Waals surface area contributed by atoms with Gasteiger partial charge >= 0.3 is 0 Å². The minimum absolute atomic E-state index is 0.116. The molecule has 0 bridgehead atoms. The zero-order chi connectivity index (χ0) is 13.8. The first-order valence-electron chi connectivity index (χ1n) is 6.72. The molecule has 0 saturated carbocycles. The van der Waals surface area contributed by atoms with Crippen LogP contribution in [-0.2, 0) is 6.42 Å². The third-order valence-electron chi connectivity index (χ3n) is 3.40. The van der Waals surface area contributed by atoms with Gasteiger partial charge in [0.2, 0.25) is 0 Å². The molecule has 0 fully saturated rings. The van der Waals surface area contributed by atoms with Gasteiger partial charge in [0, 0.05) is 5.02 Å². The molecule has 100 valence electrons. The summed E-state index contributed by atoms with van der Waals surface area (Å²) in [6.45, 7) is 4.19. The average molecular weight is 274 g/mol. The number of halogens is 1. The second-order valence-electron chi connectivity index (χ2n) is 4.98. The summed E-state index contributed by atoms with van der Waals surface area (Å²) in [6, 6.07) is 14.4. The van der Waals surface area contributed by atoms with Crippen molar-refractivity contribution in [2.75, 3.05) is 0 Å². The zero-order valence-electron chi connectivity index (χ0n) is 11.5. The molecule has 0 radical (unpaired) electrons. The van der Waals surface area contributed by atoms with Gasteiger partial charge in [0.25, 0.3) is 0 Å². The molecular formula is C17H20ClN. The molecule has 1 unspecified atom stereocenters. The molecule has 0 aliphatic carbocycles. The molecule has 19 heavy (non-hydrogen) atoms. The van der Waals surface area contributed by atoms with E-state index in [0.29, 0.717) is 0 Å². The molecule has 0 amide bonds. The van der Waals surface area contributed by atoms with Crippen molar-refractivity contribution < 1.29 is 0 Å². The van der Waals surface area contributed by atoms with Gasteiger partial charge in [0.1, 0.15) is 0 Å². The summed E-state index contributed by atoms with van der Waals surface area (Å²) >= 11 is 6.17. The summed E-state index contributed by atoms with van der Waals surface area (Å²) in [5, 5.41) is 0.776. The molecule has 0 heterocycles. The molecule has 0 aromatic heterocycles. The van der Waals surface area contributed by atoms with Crippen LogP contribution in [0.15, 0.2) is 42.5 Å². The van der Waals surface area contributed by atoms with Crippen LogP contribution in [0.2, 0.25) is 5.02 Å². The first kappa shape index (κ1) is 14.1. The van der Waals surface area contributed by atoms with Crippen molar-refractivity contribution in [2.24, 2.45) is 5.73 Å². The normalized spacial score (nSPS) is 12.4. The Morgan fingerprint density at radius 3 is 2.53 bits per heavy atom. The number of hydrogen-bond acceptors (Lipinski definition) is 1. The Bertz CT molecular complexity index is 563. The zero-order valence-corrected chi connectivity index (χ0v) is 12.2. The number of benzene rings is 2. The van der Waals surface area contributed by atoms with Crippen molar-refractivity contribution in [1.82, 2.24) is 0 Å². The molecule has 0 spiro atoms. The minimum Gasteiger partial charge on any atom is -0.320 e. The standard InChI is InChI=1S/C17H20ClN/c1-3-5-13-6-4-7-14(10-13)17(19)15-9-8-12(2)16(18)11-15/h4,6-11,17H,3,5,19H2,1-2H3. The summed E-state index contributed by atoms with van der Waals surface area (Å²) in [5.41, 5.74) is 11.0. The molecule has 0 saturated heterocycles. The van der Waals surface area contributed by atoms with Gasteiger partial charge in [-0.2, -0.15) is 0 Å². The predicted molar refractivity (Wildman–Crippen MR) is 82.7 cm³/mol. The molecule has 0 aliphatic heterocycles. The molecule has 2 N–H and O–H groups in total. The van der Waals surface area contributed by atoms with E-state index in [1.165, 1.54) is 5.56 Å². The smallest absolute Gasteiger partial charge is 0.0552 e. The van der Waals surface area contributed by atoms with Crippen LogP contribution < -0.4 is 5.73 Å². The quantitative estimate of drug-likeness (QED) is 0.862. The largest absolute Gasteiger partial charge is 0.320 e. The Hall–Kier alpha value is -1.31. The van der Waals surface area contributed by atoms with Gasteiger partial charge in [-0.1, -0.05) is 61.3 Å². The Balaban J connectivity index is 2.29. The Morgan fingerprint density at radius 1 is 1.11 bits per heavy atom. The van der Waals surface area contributed by atoms with Crippen molar-refractivity contribution in [3.63, 3.8) is 0 Å². The monoisotopic (exact) mass is 273 g/mol. The van der Waals surface area contributed by atoms with E-state index in [9.17, 15) is 0 Å². The van der Waals surface area contributed by atoms with E-state index in [2.05, 4.69) is 37.3 Å². The highest BCUT2D eigenvalue weighted by Gasteiger charge is 2.10. The van der Waals surface area contributed by atoms with Crippen LogP contribution in [-0.4, -0.2) is 0 Å². The predicted octanol–water partition coefficient (Wildman–Crippen LogP) is 4.65. The van der Waals surface area contributed by atoms with Gasteiger partial charge in [0.15, 0.2) is 0 Å². The van der Waals surface area contributed by atoms with E-state index < -0.39 is 0 Å². The lowest BCUT2D eigenvalue weighted by atomic mass is 9.96. The summed E-state index contributed by atoms with van der Waals surface area (Å²) in [5.74, 6) is 0. The van der Waals surface area contributed by atoms with E-state index in [1.807, 2.05) is 19.1 Å². The molecule has 1 atom stereocenters. The first-order chi connectivity index (χ1) is 9.11. The third kappa shape index (κ3) is 3.37. The van der Waals surface area contributed by atoms with Crippen LogP contribution >= 0.6 is 11.6 Å². The fourth-order valence-corrected chi connectivity index (χ4v) is 2.41. The topological polar surface area (TPSA) is 26.0 Å². The van der Waals surface area contributed by atoms with E-state index in [-0.39, 0.29) is 6.04 Å². The molecule has 2 heteroatoms. The number of hydrogen-bond donors (Lipinski definition) is 1. The van der Waals surface area contributed by atoms with Crippen molar-refractivity contribution in [3.8, 4) is 0 Å². The summed E-state index contributed by atoms with van der Waals surface area (Å²) in [7, 11) is 0. The summed E-state index contributed by atoms with van der Waals surface area (Å²) in [6.07, 6.45) is 2.24. The van der Waals surface area contributed by atoms with E-state index in [1.54, 1.807) is 0 Å². The lowest BCUT2D eigenvalue weighted by molar-refractivity contribution is 0.858. The van der Waals surface area contributed by atoms with Crippen molar-refractivity contribution in [2.45, 2.75) is 32.7 Å². The number of aryl methyl sites for hydroxylation is 2. The van der Waals surface area contributed by atoms with Gasteiger partial charge in [-0.15, -0.1) is 0 Å². The summed E-state index contributed by atoms with van der Waals surface area (Å²) in [4.78, 5) is 0. The molecule has 2 aromatic rings. The second-order valence-corrected chi connectivity index (χ2v) is 5.39. The van der Waals surface area contributed by atoms with Crippen LogP contribution in [0.1, 0.15) is 41.6 Å². The van der Waals surface area contributed by atoms with Gasteiger partial charge in [0.05, 0.1) is 6.04 Å². The highest BCUT2D eigenvalue weighted by molar-refractivity contribution is 6.31. The maximum absolute atomic E-state index is 6.34.